The van der Waals surface area contributed by atoms with Crippen molar-refractivity contribution in [3.8, 4) is 0 Å². The molecule has 0 aromatic heterocycles. The number of hydroxylamine groups is 2. The van der Waals surface area contributed by atoms with Gasteiger partial charge >= 0.3 is 6.03 Å². The van der Waals surface area contributed by atoms with Crippen LogP contribution in [0.1, 0.15) is 6.42 Å². The smallest absolute Gasteiger partial charge is 0.344 e. The van der Waals surface area contributed by atoms with Gasteiger partial charge in [0.2, 0.25) is 0 Å². The number of aliphatic hydroxyl groups excluding tert-OH is 1. The lowest BCUT2D eigenvalue weighted by atomic mass is 9.98. The van der Waals surface area contributed by atoms with E-state index in [0.29, 0.717) is 0 Å². The molecular formula is C11H18N2O6S. The molecule has 20 heavy (non-hydrogen) atoms. The highest BCUT2D eigenvalue weighted by Gasteiger charge is 2.50. The first-order chi connectivity index (χ1) is 9.33. The van der Waals surface area contributed by atoms with E-state index in [1.165, 1.54) is 11.0 Å². The molecule has 0 aromatic rings. The van der Waals surface area contributed by atoms with E-state index in [-0.39, 0.29) is 26.2 Å². The molecule has 2 aliphatic rings. The maximum absolute atomic E-state index is 12.1. The number of carbonyl (C=O) groups excluding carboxylic acids is 1. The third-order valence-electron chi connectivity index (χ3n) is 3.32. The molecule has 0 unspecified atom stereocenters. The van der Waals surface area contributed by atoms with Gasteiger partial charge in [-0.1, -0.05) is 6.08 Å². The molecule has 2 amide bonds. The van der Waals surface area contributed by atoms with Crippen molar-refractivity contribution >= 4 is 16.1 Å². The van der Waals surface area contributed by atoms with Crippen LogP contribution >= 0.6 is 0 Å². The topological polar surface area (TPSA) is 96.4 Å². The maximum Gasteiger partial charge on any atom is 0.344 e. The molecule has 2 fully saturated rings. The van der Waals surface area contributed by atoms with Gasteiger partial charge in [-0.05, 0) is 6.42 Å². The summed E-state index contributed by atoms with van der Waals surface area (Å²) in [5.74, 6) is 0. The van der Waals surface area contributed by atoms with Gasteiger partial charge in [-0.3, -0.25) is 9.02 Å². The molecule has 0 saturated carbocycles. The highest BCUT2D eigenvalue weighted by atomic mass is 32.2. The van der Waals surface area contributed by atoms with E-state index in [2.05, 4.69) is 6.58 Å². The Kier molecular flexibility index (Phi) is 4.33. The van der Waals surface area contributed by atoms with Gasteiger partial charge in [0.15, 0.2) is 0 Å². The molecule has 8 nitrogen and oxygen atoms in total. The van der Waals surface area contributed by atoms with Gasteiger partial charge in [-0.25, -0.2) is 4.79 Å². The van der Waals surface area contributed by atoms with Crippen molar-refractivity contribution in [3.05, 3.63) is 12.7 Å². The van der Waals surface area contributed by atoms with Crippen LogP contribution < -0.4 is 0 Å². The van der Waals surface area contributed by atoms with Crippen molar-refractivity contribution in [2.24, 2.45) is 0 Å². The molecule has 0 aromatic carbocycles. The minimum absolute atomic E-state index is 0.160. The molecule has 2 bridgehead atoms. The number of hydrogen-bond donors (Lipinski definition) is 1. The second kappa shape index (κ2) is 5.68. The lowest BCUT2D eigenvalue weighted by molar-refractivity contribution is -0.140. The summed E-state index contributed by atoms with van der Waals surface area (Å²) in [6.45, 7) is 3.78. The lowest BCUT2D eigenvalue weighted by Gasteiger charge is -2.33. The first-order valence-corrected chi connectivity index (χ1v) is 8.01. The molecule has 0 spiro atoms. The highest BCUT2D eigenvalue weighted by molar-refractivity contribution is 7.85. The first kappa shape index (κ1) is 15.2. The minimum Gasteiger partial charge on any atom is -0.391 e. The summed E-state index contributed by atoms with van der Waals surface area (Å²) < 4.78 is 26.8. The van der Waals surface area contributed by atoms with Crippen molar-refractivity contribution in [2.45, 2.75) is 24.6 Å². The number of piperidine rings is 1. The molecule has 114 valence electrons. The van der Waals surface area contributed by atoms with Gasteiger partial charge < -0.3 is 10.0 Å². The Morgan fingerprint density at radius 1 is 1.55 bits per heavy atom. The summed E-state index contributed by atoms with van der Waals surface area (Å²) in [5.41, 5.74) is 0. The summed E-state index contributed by atoms with van der Waals surface area (Å²) in [6.07, 6.45) is 1.91. The van der Waals surface area contributed by atoms with Crippen LogP contribution in [0.3, 0.4) is 0 Å². The summed E-state index contributed by atoms with van der Waals surface area (Å²) in [5, 5.41) is 11.2. The predicted molar refractivity (Wildman–Crippen MR) is 69.1 cm³/mol. The summed E-state index contributed by atoms with van der Waals surface area (Å²) in [7, 11) is -3.58. The monoisotopic (exact) mass is 306 g/mol. The number of nitrogens with zero attached hydrogens (tertiary/aromatic N) is 2. The SMILES string of the molecule is C=CCON1C(=O)N2C[C@H]1[C@@H](O)C[C@H]2COS(C)(=O)=O. The van der Waals surface area contributed by atoms with Crippen LogP contribution in [0.15, 0.2) is 12.7 Å². The Morgan fingerprint density at radius 2 is 2.25 bits per heavy atom. The third-order valence-corrected chi connectivity index (χ3v) is 3.89. The van der Waals surface area contributed by atoms with Crippen molar-refractivity contribution in [1.29, 1.82) is 0 Å². The van der Waals surface area contributed by atoms with Crippen LogP contribution in [0.2, 0.25) is 0 Å². The normalized spacial score (nSPS) is 29.9. The van der Waals surface area contributed by atoms with E-state index in [0.717, 1.165) is 11.3 Å². The largest absolute Gasteiger partial charge is 0.391 e. The summed E-state index contributed by atoms with van der Waals surface area (Å²) in [4.78, 5) is 18.9. The zero-order chi connectivity index (χ0) is 14.9. The van der Waals surface area contributed by atoms with E-state index in [1.54, 1.807) is 0 Å². The van der Waals surface area contributed by atoms with Gasteiger partial charge in [-0.15, -0.1) is 6.58 Å². The highest BCUT2D eigenvalue weighted by Crippen LogP contribution is 2.30. The third kappa shape index (κ3) is 3.11. The van der Waals surface area contributed by atoms with Crippen molar-refractivity contribution < 1.29 is 27.3 Å². The van der Waals surface area contributed by atoms with Crippen molar-refractivity contribution in [1.82, 2.24) is 9.96 Å². The zero-order valence-electron chi connectivity index (χ0n) is 11.1. The van der Waals surface area contributed by atoms with E-state index in [4.69, 9.17) is 9.02 Å². The van der Waals surface area contributed by atoms with Gasteiger partial charge in [0.25, 0.3) is 10.1 Å². The fraction of sp³-hybridized carbons (Fsp3) is 0.727. The molecule has 2 aliphatic heterocycles. The first-order valence-electron chi connectivity index (χ1n) is 6.19. The Labute approximate surface area is 117 Å². The quantitative estimate of drug-likeness (QED) is 0.516. The molecule has 1 N–H and O–H groups in total. The van der Waals surface area contributed by atoms with Crippen LogP contribution in [-0.2, 0) is 19.1 Å². The van der Waals surface area contributed by atoms with Gasteiger partial charge in [0, 0.05) is 6.54 Å². The molecule has 9 heteroatoms. The zero-order valence-corrected chi connectivity index (χ0v) is 12.0. The van der Waals surface area contributed by atoms with Gasteiger partial charge in [0.05, 0.1) is 31.6 Å². The van der Waals surface area contributed by atoms with Gasteiger partial charge in [-0.2, -0.15) is 13.5 Å². The Balaban J connectivity index is 2.06. The van der Waals surface area contributed by atoms with Gasteiger partial charge in [0.1, 0.15) is 6.04 Å². The van der Waals surface area contributed by atoms with E-state index in [9.17, 15) is 18.3 Å². The fourth-order valence-electron chi connectivity index (χ4n) is 2.41. The molecule has 2 saturated heterocycles. The standard InChI is InChI=1S/C11H18N2O6S/c1-3-4-18-13-9-6-12(11(13)15)8(5-10(9)14)7-19-20(2,16)17/h3,8-10,14H,1,4-7H2,2H3/t8-,9-,10-/m0/s1. The van der Waals surface area contributed by atoms with Crippen LogP contribution in [-0.4, -0.2) is 73.7 Å². The second-order valence-corrected chi connectivity index (χ2v) is 6.50. The number of amides is 2. The number of urea groups is 1. The minimum atomic E-state index is -3.58. The molecule has 0 radical (unpaired) electrons. The maximum atomic E-state index is 12.1. The number of hydrogen-bond acceptors (Lipinski definition) is 6. The Morgan fingerprint density at radius 3 is 2.85 bits per heavy atom. The molecule has 2 rings (SSSR count). The van der Waals surface area contributed by atoms with E-state index >= 15 is 0 Å². The molecule has 0 aliphatic carbocycles. The number of aliphatic hydroxyl groups is 1. The molecule has 2 heterocycles. The Bertz CT molecular complexity index is 493. The fourth-order valence-corrected chi connectivity index (χ4v) is 2.82. The van der Waals surface area contributed by atoms with E-state index < -0.39 is 34.3 Å². The van der Waals surface area contributed by atoms with Crippen molar-refractivity contribution in [3.63, 3.8) is 0 Å². The number of carbonyl (C=O) groups is 1. The predicted octanol–water partition coefficient (Wildman–Crippen LogP) is -0.680. The van der Waals surface area contributed by atoms with E-state index in [1.807, 2.05) is 0 Å². The van der Waals surface area contributed by atoms with Crippen LogP contribution in [0.4, 0.5) is 4.79 Å². The number of rotatable bonds is 6. The van der Waals surface area contributed by atoms with Crippen LogP contribution in [0, 0.1) is 0 Å². The van der Waals surface area contributed by atoms with Crippen LogP contribution in [0.25, 0.3) is 0 Å². The molecular weight excluding hydrogens is 288 g/mol. The summed E-state index contributed by atoms with van der Waals surface area (Å²) in [6, 6.07) is -1.33. The second-order valence-electron chi connectivity index (χ2n) is 4.86. The average Bonchev–Trinajstić information content (AvgIpc) is 2.64. The summed E-state index contributed by atoms with van der Waals surface area (Å²) >= 11 is 0. The molecule has 3 atom stereocenters. The lowest BCUT2D eigenvalue weighted by Crippen LogP contribution is -2.49. The number of fused-ring (bicyclic) bond motifs is 2. The van der Waals surface area contributed by atoms with Crippen molar-refractivity contribution in [2.75, 3.05) is 26.0 Å². The van der Waals surface area contributed by atoms with Crippen LogP contribution in [0.5, 0.6) is 0 Å². The average molecular weight is 306 g/mol. The Hall–Kier alpha value is -1.16.